The van der Waals surface area contributed by atoms with Crippen LogP contribution in [0.15, 0.2) is 36.5 Å². The van der Waals surface area contributed by atoms with Gasteiger partial charge in [0.2, 0.25) is 0 Å². The molecule has 6 nitrogen and oxygen atoms in total. The second kappa shape index (κ2) is 6.42. The molecule has 1 aromatic carbocycles. The molecule has 4 rings (SSSR count). The number of aliphatic hydroxyl groups is 1. The topological polar surface area (TPSA) is 86.7 Å². The maximum Gasteiger partial charge on any atom is 0.163 e. The molecule has 1 atom stereocenters. The van der Waals surface area contributed by atoms with Gasteiger partial charge < -0.3 is 10.4 Å². The number of anilines is 2. The Morgan fingerprint density at radius 1 is 1.24 bits per heavy atom. The van der Waals surface area contributed by atoms with Crippen LogP contribution in [0.4, 0.5) is 16.0 Å². The summed E-state index contributed by atoms with van der Waals surface area (Å²) < 4.78 is 13.6. The van der Waals surface area contributed by atoms with Gasteiger partial charge in [0.25, 0.3) is 0 Å². The zero-order valence-electron chi connectivity index (χ0n) is 13.1. The fraction of sp³-hybridized carbons (Fsp3) is 0.235. The van der Waals surface area contributed by atoms with Crippen molar-refractivity contribution in [2.45, 2.75) is 24.9 Å². The normalized spacial score (nSPS) is 15.2. The quantitative estimate of drug-likeness (QED) is 0.646. The van der Waals surface area contributed by atoms with Crippen LogP contribution in [0.3, 0.4) is 0 Å². The average molecular weight is 360 g/mol. The number of aromatic amines is 1. The number of aliphatic hydroxyl groups excluding tert-OH is 1. The monoisotopic (exact) mass is 359 g/mol. The molecule has 1 fully saturated rings. The SMILES string of the molecule is OC(c1ccc(Cl)c(F)c1)c1nccc(Nc2cc(C3CC3)[nH]n2)n1. The third kappa shape index (κ3) is 3.47. The summed E-state index contributed by atoms with van der Waals surface area (Å²) in [6.07, 6.45) is 2.73. The smallest absolute Gasteiger partial charge is 0.163 e. The number of rotatable bonds is 5. The van der Waals surface area contributed by atoms with Crippen LogP contribution in [-0.2, 0) is 0 Å². The van der Waals surface area contributed by atoms with Crippen LogP contribution >= 0.6 is 11.6 Å². The van der Waals surface area contributed by atoms with E-state index in [0.717, 1.165) is 5.69 Å². The summed E-state index contributed by atoms with van der Waals surface area (Å²) in [6.45, 7) is 0. The van der Waals surface area contributed by atoms with Gasteiger partial charge in [-0.3, -0.25) is 5.10 Å². The summed E-state index contributed by atoms with van der Waals surface area (Å²) >= 11 is 5.67. The predicted octanol–water partition coefficient (Wildman–Crippen LogP) is 3.69. The van der Waals surface area contributed by atoms with Crippen LogP contribution in [0.5, 0.6) is 0 Å². The van der Waals surface area contributed by atoms with Crippen molar-refractivity contribution in [3.05, 3.63) is 64.5 Å². The minimum atomic E-state index is -1.16. The molecule has 0 radical (unpaired) electrons. The molecule has 1 saturated carbocycles. The Hall–Kier alpha value is -2.51. The predicted molar refractivity (Wildman–Crippen MR) is 91.3 cm³/mol. The second-order valence-corrected chi connectivity index (χ2v) is 6.39. The first-order valence-corrected chi connectivity index (χ1v) is 8.26. The zero-order chi connectivity index (χ0) is 17.4. The largest absolute Gasteiger partial charge is 0.380 e. The van der Waals surface area contributed by atoms with Crippen molar-refractivity contribution >= 4 is 23.2 Å². The summed E-state index contributed by atoms with van der Waals surface area (Å²) in [5.41, 5.74) is 1.43. The molecular weight excluding hydrogens is 345 g/mol. The lowest BCUT2D eigenvalue weighted by Gasteiger charge is -2.11. The molecule has 0 spiro atoms. The van der Waals surface area contributed by atoms with E-state index in [4.69, 9.17) is 11.6 Å². The van der Waals surface area contributed by atoms with Gasteiger partial charge in [-0.25, -0.2) is 14.4 Å². The lowest BCUT2D eigenvalue weighted by Crippen LogP contribution is -2.07. The zero-order valence-corrected chi connectivity index (χ0v) is 13.8. The van der Waals surface area contributed by atoms with E-state index in [9.17, 15) is 9.50 Å². The Bertz CT molecular complexity index is 912. The molecule has 1 aliphatic carbocycles. The van der Waals surface area contributed by atoms with Gasteiger partial charge >= 0.3 is 0 Å². The van der Waals surface area contributed by atoms with Gasteiger partial charge in [0.15, 0.2) is 11.6 Å². The van der Waals surface area contributed by atoms with E-state index in [-0.39, 0.29) is 10.8 Å². The molecule has 0 saturated heterocycles. The Balaban J connectivity index is 1.54. The molecule has 25 heavy (non-hydrogen) atoms. The first-order valence-electron chi connectivity index (χ1n) is 7.88. The molecular formula is C17H15ClFN5O. The van der Waals surface area contributed by atoms with Crippen molar-refractivity contribution in [3.8, 4) is 0 Å². The van der Waals surface area contributed by atoms with Crippen LogP contribution < -0.4 is 5.32 Å². The second-order valence-electron chi connectivity index (χ2n) is 5.98. The number of benzene rings is 1. The number of aromatic nitrogens is 4. The summed E-state index contributed by atoms with van der Waals surface area (Å²) in [7, 11) is 0. The molecule has 3 N–H and O–H groups in total. The minimum absolute atomic E-state index is 0.00251. The van der Waals surface area contributed by atoms with Crippen LogP contribution in [-0.4, -0.2) is 25.3 Å². The average Bonchev–Trinajstić information content (AvgIpc) is 3.37. The maximum atomic E-state index is 13.6. The van der Waals surface area contributed by atoms with Crippen molar-refractivity contribution < 1.29 is 9.50 Å². The number of nitrogens with zero attached hydrogens (tertiary/aromatic N) is 3. The van der Waals surface area contributed by atoms with E-state index in [1.54, 1.807) is 6.07 Å². The molecule has 1 unspecified atom stereocenters. The van der Waals surface area contributed by atoms with Crippen LogP contribution in [0.2, 0.25) is 5.02 Å². The van der Waals surface area contributed by atoms with E-state index in [1.807, 2.05) is 6.07 Å². The number of nitrogens with one attached hydrogen (secondary N) is 2. The van der Waals surface area contributed by atoms with Gasteiger partial charge in [0, 0.05) is 23.9 Å². The molecule has 128 valence electrons. The first-order chi connectivity index (χ1) is 12.1. The first kappa shape index (κ1) is 16.0. The Morgan fingerprint density at radius 3 is 2.84 bits per heavy atom. The van der Waals surface area contributed by atoms with Gasteiger partial charge in [-0.05, 0) is 36.6 Å². The van der Waals surface area contributed by atoms with E-state index in [2.05, 4.69) is 25.5 Å². The molecule has 0 amide bonds. The van der Waals surface area contributed by atoms with Crippen molar-refractivity contribution in [1.29, 1.82) is 0 Å². The van der Waals surface area contributed by atoms with E-state index >= 15 is 0 Å². The third-order valence-corrected chi connectivity index (χ3v) is 4.36. The van der Waals surface area contributed by atoms with Crippen molar-refractivity contribution in [2.75, 3.05) is 5.32 Å². The van der Waals surface area contributed by atoms with E-state index < -0.39 is 11.9 Å². The number of H-pyrrole nitrogens is 1. The Kier molecular flexibility index (Phi) is 4.10. The van der Waals surface area contributed by atoms with Gasteiger partial charge in [-0.15, -0.1) is 0 Å². The number of hydrogen-bond acceptors (Lipinski definition) is 5. The molecule has 1 aliphatic rings. The molecule has 2 heterocycles. The summed E-state index contributed by atoms with van der Waals surface area (Å²) in [5, 5.41) is 20.7. The highest BCUT2D eigenvalue weighted by molar-refractivity contribution is 6.30. The maximum absolute atomic E-state index is 13.6. The van der Waals surface area contributed by atoms with E-state index in [1.165, 1.54) is 37.2 Å². The summed E-state index contributed by atoms with van der Waals surface area (Å²) in [4.78, 5) is 8.35. The van der Waals surface area contributed by atoms with Crippen molar-refractivity contribution in [1.82, 2.24) is 20.2 Å². The van der Waals surface area contributed by atoms with Crippen LogP contribution in [0, 0.1) is 5.82 Å². The minimum Gasteiger partial charge on any atom is -0.380 e. The highest BCUT2D eigenvalue weighted by Gasteiger charge is 2.25. The summed E-state index contributed by atoms with van der Waals surface area (Å²) in [6, 6.07) is 7.72. The molecule has 0 bridgehead atoms. The Labute approximate surface area is 148 Å². The Morgan fingerprint density at radius 2 is 2.08 bits per heavy atom. The molecule has 8 heteroatoms. The van der Waals surface area contributed by atoms with Crippen molar-refractivity contribution in [3.63, 3.8) is 0 Å². The van der Waals surface area contributed by atoms with Crippen LogP contribution in [0.25, 0.3) is 0 Å². The van der Waals surface area contributed by atoms with Gasteiger partial charge in [-0.2, -0.15) is 5.10 Å². The molecule has 3 aromatic rings. The van der Waals surface area contributed by atoms with Crippen LogP contribution in [0.1, 0.15) is 41.9 Å². The third-order valence-electron chi connectivity index (χ3n) is 4.05. The lowest BCUT2D eigenvalue weighted by molar-refractivity contribution is 0.209. The molecule has 0 aliphatic heterocycles. The highest BCUT2D eigenvalue weighted by Crippen LogP contribution is 2.39. The van der Waals surface area contributed by atoms with E-state index in [0.29, 0.717) is 23.1 Å². The van der Waals surface area contributed by atoms with Crippen molar-refractivity contribution in [2.24, 2.45) is 0 Å². The standard InChI is InChI=1S/C17H15ClFN5O/c18-11-4-3-10(7-12(11)19)16(25)17-20-6-5-14(22-17)21-15-8-13(23-24-15)9-1-2-9/h3-9,16,25H,1-2H2,(H2,20,21,22,23,24). The fourth-order valence-electron chi connectivity index (χ4n) is 2.54. The van der Waals surface area contributed by atoms with Gasteiger partial charge in [-0.1, -0.05) is 17.7 Å². The number of halogens is 2. The number of hydrogen-bond donors (Lipinski definition) is 3. The fourth-order valence-corrected chi connectivity index (χ4v) is 2.66. The van der Waals surface area contributed by atoms with Gasteiger partial charge in [0.1, 0.15) is 17.7 Å². The molecule has 2 aromatic heterocycles. The van der Waals surface area contributed by atoms with Gasteiger partial charge in [0.05, 0.1) is 5.02 Å². The highest BCUT2D eigenvalue weighted by atomic mass is 35.5. The lowest BCUT2D eigenvalue weighted by atomic mass is 10.1. The summed E-state index contributed by atoms with van der Waals surface area (Å²) in [5.74, 6) is 1.28.